The lowest BCUT2D eigenvalue weighted by Crippen LogP contribution is -3.14. The maximum Gasteiger partial charge on any atom is 0.279 e. The van der Waals surface area contributed by atoms with E-state index in [0.29, 0.717) is 11.6 Å². The van der Waals surface area contributed by atoms with Crippen molar-refractivity contribution in [2.45, 2.75) is 19.3 Å². The minimum atomic E-state index is 0.0637. The number of anilines is 1. The van der Waals surface area contributed by atoms with Gasteiger partial charge in [-0.05, 0) is 48.9 Å². The van der Waals surface area contributed by atoms with E-state index < -0.39 is 0 Å². The first-order chi connectivity index (χ1) is 11.7. The van der Waals surface area contributed by atoms with Crippen LogP contribution in [0.15, 0.2) is 54.6 Å². The first kappa shape index (κ1) is 17.0. The van der Waals surface area contributed by atoms with E-state index >= 15 is 0 Å². The monoisotopic (exact) mass is 343 g/mol. The summed E-state index contributed by atoms with van der Waals surface area (Å²) in [7, 11) is 0. The molecule has 24 heavy (non-hydrogen) atoms. The molecule has 0 aromatic heterocycles. The first-order valence-electron chi connectivity index (χ1n) is 8.62. The van der Waals surface area contributed by atoms with E-state index in [9.17, 15) is 4.79 Å². The Kier molecular flexibility index (Phi) is 5.89. The van der Waals surface area contributed by atoms with Gasteiger partial charge in [0.05, 0.1) is 13.1 Å². The largest absolute Gasteiger partial charge is 0.327 e. The van der Waals surface area contributed by atoms with Crippen LogP contribution in [0.3, 0.4) is 0 Å². The van der Waals surface area contributed by atoms with Crippen LogP contribution in [0.25, 0.3) is 0 Å². The minimum absolute atomic E-state index is 0.0637. The van der Waals surface area contributed by atoms with Crippen LogP contribution < -0.4 is 10.2 Å². The molecule has 2 N–H and O–H groups in total. The highest BCUT2D eigenvalue weighted by atomic mass is 35.5. The molecule has 1 aliphatic rings. The Morgan fingerprint density at radius 2 is 1.83 bits per heavy atom. The second-order valence-corrected chi connectivity index (χ2v) is 7.05. The van der Waals surface area contributed by atoms with E-state index in [0.717, 1.165) is 31.1 Å². The molecule has 1 aliphatic heterocycles. The summed E-state index contributed by atoms with van der Waals surface area (Å²) in [5, 5.41) is 3.58. The predicted molar refractivity (Wildman–Crippen MR) is 98.5 cm³/mol. The molecular formula is C20H24ClN2O+. The summed E-state index contributed by atoms with van der Waals surface area (Å²) < 4.78 is 0. The fourth-order valence-electron chi connectivity index (χ4n) is 3.41. The number of piperidine rings is 1. The topological polar surface area (TPSA) is 33.5 Å². The van der Waals surface area contributed by atoms with Gasteiger partial charge in [-0.2, -0.15) is 0 Å². The number of rotatable bonds is 5. The molecule has 1 saturated heterocycles. The van der Waals surface area contributed by atoms with Crippen LogP contribution >= 0.6 is 11.6 Å². The third-order valence-electron chi connectivity index (χ3n) is 4.70. The number of carbonyl (C=O) groups excluding carboxylic acids is 1. The van der Waals surface area contributed by atoms with E-state index in [1.54, 1.807) is 12.1 Å². The zero-order valence-electron chi connectivity index (χ0n) is 13.8. The van der Waals surface area contributed by atoms with Crippen LogP contribution in [-0.4, -0.2) is 25.5 Å². The standard InChI is InChI=1S/C20H23ClN2O/c21-18-7-4-8-19(14-18)22-20(24)15-23-11-9-17(10-12-23)13-16-5-2-1-3-6-16/h1-8,14,17H,9-13,15H2,(H,22,24)/p+1. The van der Waals surface area contributed by atoms with E-state index in [-0.39, 0.29) is 5.91 Å². The Hall–Kier alpha value is -1.84. The van der Waals surface area contributed by atoms with Crippen LogP contribution in [0.5, 0.6) is 0 Å². The van der Waals surface area contributed by atoms with Crippen molar-refractivity contribution in [3.63, 3.8) is 0 Å². The lowest BCUT2D eigenvalue weighted by molar-refractivity contribution is -0.898. The number of nitrogens with one attached hydrogen (secondary N) is 2. The molecule has 0 saturated carbocycles. The first-order valence-corrected chi connectivity index (χ1v) is 9.00. The van der Waals surface area contributed by atoms with Crippen molar-refractivity contribution in [1.29, 1.82) is 0 Å². The molecular weight excluding hydrogens is 320 g/mol. The molecule has 0 unspecified atom stereocenters. The average molecular weight is 344 g/mol. The van der Waals surface area contributed by atoms with E-state index in [4.69, 9.17) is 11.6 Å². The highest BCUT2D eigenvalue weighted by molar-refractivity contribution is 6.30. The van der Waals surface area contributed by atoms with Crippen molar-refractivity contribution < 1.29 is 9.69 Å². The Morgan fingerprint density at radius 1 is 1.08 bits per heavy atom. The Morgan fingerprint density at radius 3 is 2.54 bits per heavy atom. The van der Waals surface area contributed by atoms with E-state index in [2.05, 4.69) is 35.6 Å². The van der Waals surface area contributed by atoms with Crippen LogP contribution in [0.4, 0.5) is 5.69 Å². The molecule has 1 heterocycles. The van der Waals surface area contributed by atoms with Gasteiger partial charge >= 0.3 is 0 Å². The summed E-state index contributed by atoms with van der Waals surface area (Å²) in [6.45, 7) is 2.67. The number of halogens is 1. The van der Waals surface area contributed by atoms with Gasteiger partial charge in [-0.15, -0.1) is 0 Å². The van der Waals surface area contributed by atoms with Gasteiger partial charge in [-0.25, -0.2) is 0 Å². The van der Waals surface area contributed by atoms with E-state index in [1.165, 1.54) is 23.3 Å². The third kappa shape index (κ3) is 5.08. The summed E-state index contributed by atoms with van der Waals surface area (Å²) in [6.07, 6.45) is 3.53. The Bertz CT molecular complexity index is 666. The zero-order chi connectivity index (χ0) is 16.8. The quantitative estimate of drug-likeness (QED) is 0.860. The lowest BCUT2D eigenvalue weighted by atomic mass is 9.90. The predicted octanol–water partition coefficient (Wildman–Crippen LogP) is 2.82. The van der Waals surface area contributed by atoms with Crippen molar-refractivity contribution in [1.82, 2.24) is 0 Å². The second-order valence-electron chi connectivity index (χ2n) is 6.62. The molecule has 126 valence electrons. The number of benzene rings is 2. The molecule has 3 rings (SSSR count). The Labute approximate surface area is 148 Å². The highest BCUT2D eigenvalue weighted by Crippen LogP contribution is 2.17. The van der Waals surface area contributed by atoms with Crippen LogP contribution in [0.2, 0.25) is 5.02 Å². The van der Waals surface area contributed by atoms with Gasteiger partial charge in [0.1, 0.15) is 0 Å². The Balaban J connectivity index is 1.42. The number of hydrogen-bond acceptors (Lipinski definition) is 1. The average Bonchev–Trinajstić information content (AvgIpc) is 2.57. The number of likely N-dealkylation sites (tertiary alicyclic amines) is 1. The molecule has 3 nitrogen and oxygen atoms in total. The van der Waals surface area contributed by atoms with Gasteiger partial charge < -0.3 is 10.2 Å². The number of hydrogen-bond donors (Lipinski definition) is 2. The fraction of sp³-hybridized carbons (Fsp3) is 0.350. The summed E-state index contributed by atoms with van der Waals surface area (Å²) in [5.41, 5.74) is 2.19. The van der Waals surface area contributed by atoms with Crippen molar-refractivity contribution in [2.24, 2.45) is 5.92 Å². The van der Waals surface area contributed by atoms with Gasteiger partial charge in [0.25, 0.3) is 5.91 Å². The van der Waals surface area contributed by atoms with Crippen LogP contribution in [0, 0.1) is 5.92 Å². The molecule has 0 aliphatic carbocycles. The molecule has 0 atom stereocenters. The fourth-order valence-corrected chi connectivity index (χ4v) is 3.60. The SMILES string of the molecule is O=C(C[NH+]1CCC(Cc2ccccc2)CC1)Nc1cccc(Cl)c1. The van der Waals surface area contributed by atoms with Crippen molar-refractivity contribution in [3.05, 3.63) is 65.2 Å². The summed E-state index contributed by atoms with van der Waals surface area (Å²) in [6, 6.07) is 18.0. The maximum absolute atomic E-state index is 12.2. The molecule has 0 radical (unpaired) electrons. The van der Waals surface area contributed by atoms with Crippen molar-refractivity contribution >= 4 is 23.2 Å². The van der Waals surface area contributed by atoms with Crippen LogP contribution in [0.1, 0.15) is 18.4 Å². The molecule has 4 heteroatoms. The molecule has 0 spiro atoms. The summed E-state index contributed by atoms with van der Waals surface area (Å²) >= 11 is 5.95. The molecule has 2 aromatic rings. The minimum Gasteiger partial charge on any atom is -0.327 e. The normalized spacial score (nSPS) is 20.5. The molecule has 2 aromatic carbocycles. The molecule has 1 amide bonds. The third-order valence-corrected chi connectivity index (χ3v) is 4.93. The zero-order valence-corrected chi connectivity index (χ0v) is 14.6. The smallest absolute Gasteiger partial charge is 0.279 e. The molecule has 1 fully saturated rings. The second kappa shape index (κ2) is 8.32. The summed E-state index contributed by atoms with van der Waals surface area (Å²) in [5.74, 6) is 0.806. The number of carbonyl (C=O) groups is 1. The highest BCUT2D eigenvalue weighted by Gasteiger charge is 2.24. The maximum atomic E-state index is 12.2. The lowest BCUT2D eigenvalue weighted by Gasteiger charge is -2.29. The van der Waals surface area contributed by atoms with Crippen molar-refractivity contribution in [2.75, 3.05) is 25.0 Å². The number of quaternary nitrogens is 1. The summed E-state index contributed by atoms with van der Waals surface area (Å²) in [4.78, 5) is 13.6. The van der Waals surface area contributed by atoms with Gasteiger partial charge in [-0.3, -0.25) is 4.79 Å². The molecule has 0 bridgehead atoms. The van der Waals surface area contributed by atoms with Gasteiger partial charge in [0.15, 0.2) is 6.54 Å². The van der Waals surface area contributed by atoms with Crippen LogP contribution in [-0.2, 0) is 11.2 Å². The van der Waals surface area contributed by atoms with Crippen molar-refractivity contribution in [3.8, 4) is 0 Å². The van der Waals surface area contributed by atoms with Gasteiger partial charge in [-0.1, -0.05) is 48.0 Å². The van der Waals surface area contributed by atoms with Gasteiger partial charge in [0.2, 0.25) is 0 Å². The van der Waals surface area contributed by atoms with E-state index in [1.807, 2.05) is 12.1 Å². The number of amides is 1. The van der Waals surface area contributed by atoms with Gasteiger partial charge in [0, 0.05) is 10.7 Å².